The van der Waals surface area contributed by atoms with Crippen LogP contribution in [0.1, 0.15) is 12.1 Å². The van der Waals surface area contributed by atoms with Gasteiger partial charge in [0.05, 0.1) is 23.9 Å². The van der Waals surface area contributed by atoms with E-state index in [9.17, 15) is 0 Å². The van der Waals surface area contributed by atoms with Crippen molar-refractivity contribution in [3.8, 4) is 17.0 Å². The van der Waals surface area contributed by atoms with E-state index in [2.05, 4.69) is 33.4 Å². The van der Waals surface area contributed by atoms with E-state index in [1.165, 1.54) is 5.39 Å². The Morgan fingerprint density at radius 3 is 2.76 bits per heavy atom. The minimum absolute atomic E-state index is 0.606. The molecule has 0 saturated heterocycles. The van der Waals surface area contributed by atoms with E-state index in [0.717, 1.165) is 35.2 Å². The maximum Gasteiger partial charge on any atom is 0.217 e. The number of benzene rings is 1. The summed E-state index contributed by atoms with van der Waals surface area (Å²) in [5.74, 6) is 0.692. The van der Waals surface area contributed by atoms with Gasteiger partial charge in [-0.15, -0.1) is 0 Å². The van der Waals surface area contributed by atoms with Crippen LogP contribution in [-0.4, -0.2) is 26.8 Å². The van der Waals surface area contributed by atoms with Gasteiger partial charge < -0.3 is 4.74 Å². The number of nitrogens with zero attached hydrogens (tertiary/aromatic N) is 3. The first kappa shape index (κ1) is 15.3. The lowest BCUT2D eigenvalue weighted by Gasteiger charge is -2.07. The Morgan fingerprint density at radius 1 is 0.960 bits per heavy atom. The first-order valence-corrected chi connectivity index (χ1v) is 8.31. The Bertz CT molecular complexity index is 966. The second-order valence-corrected chi connectivity index (χ2v) is 5.80. The highest BCUT2D eigenvalue weighted by Crippen LogP contribution is 2.27. The summed E-state index contributed by atoms with van der Waals surface area (Å²) in [5.41, 5.74) is 4.11. The monoisotopic (exact) mass is 330 g/mol. The minimum atomic E-state index is 0.606. The van der Waals surface area contributed by atoms with Gasteiger partial charge in [0.1, 0.15) is 0 Å². The van der Waals surface area contributed by atoms with E-state index in [4.69, 9.17) is 9.72 Å². The zero-order valence-electron chi connectivity index (χ0n) is 13.7. The van der Waals surface area contributed by atoms with Crippen LogP contribution in [0.3, 0.4) is 0 Å². The maximum absolute atomic E-state index is 5.87. The van der Waals surface area contributed by atoms with Gasteiger partial charge in [0.25, 0.3) is 0 Å². The molecule has 5 heteroatoms. The molecule has 0 saturated carbocycles. The first-order chi connectivity index (χ1) is 12.4. The minimum Gasteiger partial charge on any atom is -0.478 e. The molecule has 0 aliphatic heterocycles. The lowest BCUT2D eigenvalue weighted by Crippen LogP contribution is -2.01. The average molecular weight is 330 g/mol. The molecule has 0 amide bonds. The summed E-state index contributed by atoms with van der Waals surface area (Å²) >= 11 is 0. The van der Waals surface area contributed by atoms with Crippen molar-refractivity contribution in [1.29, 1.82) is 0 Å². The Hall–Kier alpha value is -3.21. The lowest BCUT2D eigenvalue weighted by atomic mass is 10.1. The van der Waals surface area contributed by atoms with Crippen LogP contribution in [0.4, 0.5) is 0 Å². The van der Waals surface area contributed by atoms with Gasteiger partial charge in [-0.05, 0) is 42.7 Å². The Kier molecular flexibility index (Phi) is 4.37. The number of nitrogens with one attached hydrogen (secondary N) is 1. The fraction of sp³-hybridized carbons (Fsp3) is 0.150. The summed E-state index contributed by atoms with van der Waals surface area (Å²) in [7, 11) is 0. The number of H-pyrrole nitrogens is 1. The highest BCUT2D eigenvalue weighted by Gasteiger charge is 2.08. The number of para-hydroxylation sites is 1. The fourth-order valence-electron chi connectivity index (χ4n) is 2.80. The molecule has 4 aromatic rings. The predicted octanol–water partition coefficient (Wildman–Crippen LogP) is 4.03. The van der Waals surface area contributed by atoms with Crippen LogP contribution < -0.4 is 4.74 Å². The standard InChI is InChI=1S/C20H18N4O/c1-2-6-19-16(4-1)7-8-17(23-19)5-3-13-25-20-18(14-22-24-20)15-9-11-21-12-10-15/h1-2,4,6-12,14H,3,5,13H2,(H,22,24). The van der Waals surface area contributed by atoms with E-state index >= 15 is 0 Å². The zero-order chi connectivity index (χ0) is 16.9. The van der Waals surface area contributed by atoms with Crippen molar-refractivity contribution in [3.05, 3.63) is 72.8 Å². The van der Waals surface area contributed by atoms with Crippen molar-refractivity contribution < 1.29 is 4.74 Å². The molecule has 0 spiro atoms. The normalized spacial score (nSPS) is 10.9. The Balaban J connectivity index is 1.36. The second-order valence-electron chi connectivity index (χ2n) is 5.80. The summed E-state index contributed by atoms with van der Waals surface area (Å²) in [4.78, 5) is 8.73. The topological polar surface area (TPSA) is 63.7 Å². The van der Waals surface area contributed by atoms with Gasteiger partial charge in [0, 0.05) is 23.5 Å². The number of fused-ring (bicyclic) bond motifs is 1. The molecular formula is C20H18N4O. The van der Waals surface area contributed by atoms with Gasteiger partial charge in [0.2, 0.25) is 5.88 Å². The van der Waals surface area contributed by atoms with E-state index in [0.29, 0.717) is 12.5 Å². The average Bonchev–Trinajstić information content (AvgIpc) is 3.14. The summed E-state index contributed by atoms with van der Waals surface area (Å²) in [6, 6.07) is 16.3. The van der Waals surface area contributed by atoms with E-state index in [-0.39, 0.29) is 0 Å². The van der Waals surface area contributed by atoms with Crippen LogP contribution in [0.5, 0.6) is 5.88 Å². The number of hydrogen-bond donors (Lipinski definition) is 1. The molecule has 5 nitrogen and oxygen atoms in total. The van der Waals surface area contributed by atoms with Gasteiger partial charge in [-0.3, -0.25) is 9.97 Å². The first-order valence-electron chi connectivity index (χ1n) is 8.31. The highest BCUT2D eigenvalue weighted by atomic mass is 16.5. The van der Waals surface area contributed by atoms with Crippen molar-refractivity contribution in [3.63, 3.8) is 0 Å². The number of aromatic nitrogens is 4. The molecule has 124 valence electrons. The summed E-state index contributed by atoms with van der Waals surface area (Å²) < 4.78 is 5.87. The van der Waals surface area contributed by atoms with Crippen LogP contribution >= 0.6 is 0 Å². The molecule has 0 bridgehead atoms. The lowest BCUT2D eigenvalue weighted by molar-refractivity contribution is 0.299. The molecule has 0 aliphatic rings. The van der Waals surface area contributed by atoms with Gasteiger partial charge in [0.15, 0.2) is 0 Å². The molecule has 3 aromatic heterocycles. The molecule has 0 fully saturated rings. The van der Waals surface area contributed by atoms with Crippen LogP contribution in [0.15, 0.2) is 67.1 Å². The number of pyridine rings is 2. The van der Waals surface area contributed by atoms with Crippen molar-refractivity contribution in [2.24, 2.45) is 0 Å². The molecule has 0 radical (unpaired) electrons. The molecule has 4 rings (SSSR count). The highest BCUT2D eigenvalue weighted by molar-refractivity contribution is 5.78. The van der Waals surface area contributed by atoms with E-state index in [1.54, 1.807) is 18.6 Å². The number of aryl methyl sites for hydroxylation is 1. The number of aromatic amines is 1. The van der Waals surface area contributed by atoms with E-state index in [1.807, 2.05) is 30.3 Å². The van der Waals surface area contributed by atoms with Crippen LogP contribution in [0.2, 0.25) is 0 Å². The Morgan fingerprint density at radius 2 is 1.84 bits per heavy atom. The SMILES string of the molecule is c1ccc2nc(CCCOc3[nH]ncc3-c3ccncc3)ccc2c1. The summed E-state index contributed by atoms with van der Waals surface area (Å²) in [6.07, 6.45) is 7.06. The van der Waals surface area contributed by atoms with Crippen molar-refractivity contribution in [1.82, 2.24) is 20.2 Å². The fourth-order valence-corrected chi connectivity index (χ4v) is 2.80. The van der Waals surface area contributed by atoms with Gasteiger partial charge >= 0.3 is 0 Å². The maximum atomic E-state index is 5.87. The molecule has 1 N–H and O–H groups in total. The molecule has 3 heterocycles. The van der Waals surface area contributed by atoms with Gasteiger partial charge in [-0.2, -0.15) is 5.10 Å². The summed E-state index contributed by atoms with van der Waals surface area (Å²) in [5, 5.41) is 8.17. The largest absolute Gasteiger partial charge is 0.478 e. The molecule has 0 atom stereocenters. The third-order valence-electron chi connectivity index (χ3n) is 4.08. The van der Waals surface area contributed by atoms with Crippen molar-refractivity contribution in [2.75, 3.05) is 6.61 Å². The van der Waals surface area contributed by atoms with Crippen molar-refractivity contribution in [2.45, 2.75) is 12.8 Å². The molecule has 1 aromatic carbocycles. The molecule has 0 unspecified atom stereocenters. The van der Waals surface area contributed by atoms with Crippen molar-refractivity contribution >= 4 is 10.9 Å². The third-order valence-corrected chi connectivity index (χ3v) is 4.08. The summed E-state index contributed by atoms with van der Waals surface area (Å²) in [6.45, 7) is 0.606. The van der Waals surface area contributed by atoms with Crippen LogP contribution in [-0.2, 0) is 6.42 Å². The molecular weight excluding hydrogens is 312 g/mol. The molecule has 0 aliphatic carbocycles. The second kappa shape index (κ2) is 7.13. The molecule has 25 heavy (non-hydrogen) atoms. The quantitative estimate of drug-likeness (QED) is 0.542. The predicted molar refractivity (Wildman–Crippen MR) is 97.4 cm³/mol. The number of rotatable bonds is 6. The van der Waals surface area contributed by atoms with E-state index < -0.39 is 0 Å². The zero-order valence-corrected chi connectivity index (χ0v) is 13.7. The number of ether oxygens (including phenoxy) is 1. The Labute approximate surface area is 145 Å². The van der Waals surface area contributed by atoms with Crippen LogP contribution in [0.25, 0.3) is 22.0 Å². The van der Waals surface area contributed by atoms with Gasteiger partial charge in [-0.25, -0.2) is 5.10 Å². The number of hydrogen-bond acceptors (Lipinski definition) is 4. The van der Waals surface area contributed by atoms with Crippen LogP contribution in [0, 0.1) is 0 Å². The third kappa shape index (κ3) is 3.50. The smallest absolute Gasteiger partial charge is 0.217 e. The van der Waals surface area contributed by atoms with Gasteiger partial charge in [-0.1, -0.05) is 24.3 Å².